The molecule has 5 nitrogen and oxygen atoms in total. The summed E-state index contributed by atoms with van der Waals surface area (Å²) in [5.74, 6) is 0.0902. The molecule has 0 aliphatic carbocycles. The molecule has 0 fully saturated rings. The van der Waals surface area contributed by atoms with Gasteiger partial charge in [-0.3, -0.25) is 9.59 Å². The molecule has 150 valence electrons. The minimum Gasteiger partial charge on any atom is -0.483 e. The second-order valence-corrected chi connectivity index (χ2v) is 7.03. The van der Waals surface area contributed by atoms with E-state index < -0.39 is 0 Å². The summed E-state index contributed by atoms with van der Waals surface area (Å²) < 4.78 is 11.5. The van der Waals surface area contributed by atoms with Crippen LogP contribution in [0.4, 0.5) is 5.69 Å². The second-order valence-electron chi connectivity index (χ2n) is 7.03. The number of hydrogen-bond acceptors (Lipinski definition) is 4. The molecule has 0 saturated carbocycles. The molecule has 3 aromatic carbocycles. The molecular weight excluding hydrogens is 378 g/mol. The zero-order valence-electron chi connectivity index (χ0n) is 16.8. The Labute approximate surface area is 174 Å². The fourth-order valence-electron chi connectivity index (χ4n) is 3.25. The van der Waals surface area contributed by atoms with Gasteiger partial charge in [-0.2, -0.15) is 0 Å². The van der Waals surface area contributed by atoms with Crippen LogP contribution in [0.5, 0.6) is 5.75 Å². The van der Waals surface area contributed by atoms with Gasteiger partial charge in [-0.15, -0.1) is 0 Å². The number of nitrogens with one attached hydrogen (secondary N) is 1. The van der Waals surface area contributed by atoms with E-state index in [1.807, 2.05) is 56.3 Å². The van der Waals surface area contributed by atoms with Gasteiger partial charge in [0.2, 0.25) is 5.78 Å². The quantitative estimate of drug-likeness (QED) is 0.447. The number of fused-ring (bicyclic) bond motifs is 1. The number of furan rings is 1. The van der Waals surface area contributed by atoms with E-state index >= 15 is 0 Å². The first-order valence-electron chi connectivity index (χ1n) is 9.64. The lowest BCUT2D eigenvalue weighted by Gasteiger charge is -2.11. The van der Waals surface area contributed by atoms with Crippen molar-refractivity contribution in [2.75, 3.05) is 11.9 Å². The third-order valence-corrected chi connectivity index (χ3v) is 5.02. The first-order valence-corrected chi connectivity index (χ1v) is 9.64. The number of ketones is 1. The van der Waals surface area contributed by atoms with Gasteiger partial charge < -0.3 is 14.5 Å². The van der Waals surface area contributed by atoms with Crippen molar-refractivity contribution in [3.8, 4) is 5.75 Å². The van der Waals surface area contributed by atoms with Gasteiger partial charge in [0, 0.05) is 10.9 Å². The Hall–Kier alpha value is -3.86. The molecule has 4 aromatic rings. The SMILES string of the molecule is Cc1cccc(OCC(=O)Nc2c(C(=O)c3ccccc3)oc3ccccc23)c1C. The molecule has 0 radical (unpaired) electrons. The molecule has 30 heavy (non-hydrogen) atoms. The van der Waals surface area contributed by atoms with Crippen LogP contribution < -0.4 is 10.1 Å². The largest absolute Gasteiger partial charge is 0.483 e. The van der Waals surface area contributed by atoms with Gasteiger partial charge in [-0.1, -0.05) is 54.6 Å². The Morgan fingerprint density at radius 2 is 1.63 bits per heavy atom. The number of carbonyl (C=O) groups excluding carboxylic acids is 2. The van der Waals surface area contributed by atoms with Gasteiger partial charge in [-0.25, -0.2) is 0 Å². The number of aryl methyl sites for hydroxylation is 1. The predicted molar refractivity (Wildman–Crippen MR) is 116 cm³/mol. The Kier molecular flexibility index (Phi) is 5.35. The molecule has 0 saturated heterocycles. The summed E-state index contributed by atoms with van der Waals surface area (Å²) in [6.45, 7) is 3.76. The van der Waals surface area contributed by atoms with Crippen molar-refractivity contribution in [1.29, 1.82) is 0 Å². The van der Waals surface area contributed by atoms with Gasteiger partial charge >= 0.3 is 0 Å². The number of carbonyl (C=O) groups is 2. The summed E-state index contributed by atoms with van der Waals surface area (Å²) in [6.07, 6.45) is 0. The number of hydrogen-bond donors (Lipinski definition) is 1. The molecule has 1 amide bonds. The van der Waals surface area contributed by atoms with Crippen molar-refractivity contribution < 1.29 is 18.7 Å². The van der Waals surface area contributed by atoms with Crippen molar-refractivity contribution in [1.82, 2.24) is 0 Å². The number of para-hydroxylation sites is 1. The number of rotatable bonds is 6. The van der Waals surface area contributed by atoms with E-state index in [1.54, 1.807) is 30.3 Å². The fraction of sp³-hybridized carbons (Fsp3) is 0.120. The molecule has 1 N–H and O–H groups in total. The molecule has 0 bridgehead atoms. The zero-order valence-corrected chi connectivity index (χ0v) is 16.8. The van der Waals surface area contributed by atoms with Gasteiger partial charge in [-0.05, 0) is 43.2 Å². The maximum absolute atomic E-state index is 13.0. The van der Waals surface area contributed by atoms with Crippen LogP contribution in [0, 0.1) is 13.8 Å². The summed E-state index contributed by atoms with van der Waals surface area (Å²) in [6, 6.07) is 21.7. The van der Waals surface area contributed by atoms with Crippen LogP contribution >= 0.6 is 0 Å². The average Bonchev–Trinajstić information content (AvgIpc) is 3.13. The van der Waals surface area contributed by atoms with Gasteiger partial charge in [0.25, 0.3) is 5.91 Å². The molecule has 4 rings (SSSR count). The van der Waals surface area contributed by atoms with Crippen molar-refractivity contribution in [2.24, 2.45) is 0 Å². The lowest BCUT2D eigenvalue weighted by atomic mass is 10.1. The minimum absolute atomic E-state index is 0.0995. The van der Waals surface area contributed by atoms with Crippen molar-refractivity contribution >= 4 is 28.3 Å². The highest BCUT2D eigenvalue weighted by Gasteiger charge is 2.23. The molecule has 0 atom stereocenters. The van der Waals surface area contributed by atoms with Crippen LogP contribution in [0.25, 0.3) is 11.0 Å². The fourth-order valence-corrected chi connectivity index (χ4v) is 3.25. The highest BCUT2D eigenvalue weighted by Crippen LogP contribution is 2.32. The standard InChI is InChI=1S/C25H21NO4/c1-16-9-8-14-20(17(16)2)29-15-22(27)26-23-19-12-6-7-13-21(19)30-25(23)24(28)18-10-4-3-5-11-18/h3-14H,15H2,1-2H3,(H,26,27). The zero-order chi connectivity index (χ0) is 21.1. The number of ether oxygens (including phenoxy) is 1. The van der Waals surface area contributed by atoms with Gasteiger partial charge in [0.05, 0.1) is 5.69 Å². The molecule has 0 aliphatic heterocycles. The maximum Gasteiger partial charge on any atom is 0.262 e. The minimum atomic E-state index is -0.371. The van der Waals surface area contributed by atoms with E-state index in [0.717, 1.165) is 11.1 Å². The lowest BCUT2D eigenvalue weighted by molar-refractivity contribution is -0.118. The van der Waals surface area contributed by atoms with Crippen LogP contribution in [0.3, 0.4) is 0 Å². The molecule has 0 spiro atoms. The molecule has 0 aliphatic rings. The summed E-state index contributed by atoms with van der Waals surface area (Å²) in [5, 5.41) is 3.47. The number of benzene rings is 3. The van der Waals surface area contributed by atoms with Gasteiger partial charge in [0.15, 0.2) is 12.4 Å². The van der Waals surface area contributed by atoms with E-state index in [1.165, 1.54) is 0 Å². The topological polar surface area (TPSA) is 68.5 Å². The van der Waals surface area contributed by atoms with Crippen molar-refractivity contribution in [2.45, 2.75) is 13.8 Å². The highest BCUT2D eigenvalue weighted by atomic mass is 16.5. The van der Waals surface area contributed by atoms with Crippen molar-refractivity contribution in [3.63, 3.8) is 0 Å². The monoisotopic (exact) mass is 399 g/mol. The molecular formula is C25H21NO4. The van der Waals surface area contributed by atoms with E-state index in [-0.39, 0.29) is 24.1 Å². The Bertz CT molecular complexity index is 1220. The molecule has 5 heteroatoms. The van der Waals surface area contributed by atoms with E-state index in [4.69, 9.17) is 9.15 Å². The van der Waals surface area contributed by atoms with Crippen LogP contribution in [-0.4, -0.2) is 18.3 Å². The number of anilines is 1. The third-order valence-electron chi connectivity index (χ3n) is 5.02. The molecule has 0 unspecified atom stereocenters. The predicted octanol–water partition coefficient (Wildman–Crippen LogP) is 5.30. The van der Waals surface area contributed by atoms with Crippen LogP contribution in [0.1, 0.15) is 27.2 Å². The maximum atomic E-state index is 13.0. The smallest absolute Gasteiger partial charge is 0.262 e. The lowest BCUT2D eigenvalue weighted by Crippen LogP contribution is -2.21. The first kappa shape index (κ1) is 19.5. The summed E-state index contributed by atoms with van der Waals surface area (Å²) in [5.41, 5.74) is 3.44. The summed E-state index contributed by atoms with van der Waals surface area (Å²) in [4.78, 5) is 25.6. The first-order chi connectivity index (χ1) is 14.5. The molecule has 1 heterocycles. The Balaban J connectivity index is 1.60. The normalized spacial score (nSPS) is 10.7. The van der Waals surface area contributed by atoms with Crippen molar-refractivity contribution in [3.05, 3.63) is 95.2 Å². The van der Waals surface area contributed by atoms with Crippen LogP contribution in [-0.2, 0) is 4.79 Å². The second kappa shape index (κ2) is 8.25. The third kappa shape index (κ3) is 3.82. The van der Waals surface area contributed by atoms with Crippen LogP contribution in [0.2, 0.25) is 0 Å². The Morgan fingerprint density at radius 1 is 0.900 bits per heavy atom. The summed E-state index contributed by atoms with van der Waals surface area (Å²) in [7, 11) is 0. The molecule has 1 aromatic heterocycles. The Morgan fingerprint density at radius 3 is 2.43 bits per heavy atom. The van der Waals surface area contributed by atoms with E-state index in [0.29, 0.717) is 28.0 Å². The van der Waals surface area contributed by atoms with E-state index in [2.05, 4.69) is 5.32 Å². The highest BCUT2D eigenvalue weighted by molar-refractivity contribution is 6.17. The van der Waals surface area contributed by atoms with E-state index in [9.17, 15) is 9.59 Å². The van der Waals surface area contributed by atoms with Gasteiger partial charge in [0.1, 0.15) is 11.3 Å². The van der Waals surface area contributed by atoms with Crippen LogP contribution in [0.15, 0.2) is 77.2 Å². The number of amides is 1. The summed E-state index contributed by atoms with van der Waals surface area (Å²) >= 11 is 0. The average molecular weight is 399 g/mol.